The van der Waals surface area contributed by atoms with Crippen molar-refractivity contribution in [1.29, 1.82) is 0 Å². The number of benzene rings is 4. The third-order valence-electron chi connectivity index (χ3n) is 17.1. The second-order valence-electron chi connectivity index (χ2n) is 25.4. The van der Waals surface area contributed by atoms with Gasteiger partial charge in [-0.15, -0.1) is 0 Å². The molecule has 21 heteroatoms. The van der Waals surface area contributed by atoms with Crippen molar-refractivity contribution in [2.75, 3.05) is 52.3 Å². The standard InChI is InChI=1S/C71H89N7O14/c1-45(2)39-58-67(86)75(8)36-15-14-25-62(82)91-44-71(6,7)64(83)69(88)78-37-16-13-23-57(78)70(89)92-59(33-30-49-27-26-46(3)47(4)40-49)52-21-17-22-53(42-52)72-60(80)34-35-61(81)74-63(51-19-11-10-12-20-51)65(84)73-55(41-50-28-31-54(32-29-50)90-43-48(5)79)66(85)77-38-18-24-56(77)68(87)76(58)9/h10-12,14,17,19-22,25-29,31-32,40,42,45,55-59,63H,13,15-16,18,23-24,30,33-39,41,43-44H2,1-9H3,(H,72,80)(H,73,84)(H,74,81)/t55-,56+,57-,58-,59+,63-/m0/s1. The number of hydrogen-bond donors (Lipinski definition) is 3. The predicted molar refractivity (Wildman–Crippen MR) is 344 cm³/mol. The van der Waals surface area contributed by atoms with Crippen LogP contribution in [0.25, 0.3) is 0 Å². The maximum absolute atomic E-state index is 15.2. The van der Waals surface area contributed by atoms with Gasteiger partial charge < -0.3 is 49.8 Å². The third-order valence-corrected chi connectivity index (χ3v) is 17.1. The number of likely N-dealkylation sites (N-methyl/N-ethyl adjacent to an activating group) is 2. The number of hydrogen-bond acceptors (Lipinski definition) is 14. The molecule has 3 aliphatic heterocycles. The molecule has 492 valence electrons. The SMILES string of the molecule is CC(=O)COc1ccc(C[C@@H]2NC(=O)[C@H](c3ccccc3)NC(=O)CCC(=O)Nc3cccc(c3)[C@@H](CCc3ccc(C)c(C)c3)OC(=O)[C@@H]3CCCCN3C(=O)C(=O)C(C)(C)COC(=O)C=CCCN(C)C(=O)[C@H](CC(C)C)N(C)C(=O)[C@H]3CCCN3C2=O)cc1. The van der Waals surface area contributed by atoms with Gasteiger partial charge in [0.2, 0.25) is 41.2 Å². The number of nitrogens with one attached hydrogen (secondary N) is 3. The van der Waals surface area contributed by atoms with Gasteiger partial charge in [-0.2, -0.15) is 0 Å². The highest BCUT2D eigenvalue weighted by Gasteiger charge is 2.44. The van der Waals surface area contributed by atoms with Gasteiger partial charge >= 0.3 is 11.9 Å². The number of aryl methyl sites for hydroxylation is 3. The van der Waals surface area contributed by atoms with Gasteiger partial charge in [0.05, 0.1) is 5.41 Å². The van der Waals surface area contributed by atoms with Gasteiger partial charge in [0, 0.05) is 64.8 Å². The number of anilines is 1. The minimum atomic E-state index is -1.50. The van der Waals surface area contributed by atoms with Crippen molar-refractivity contribution < 1.29 is 67.0 Å². The molecule has 0 unspecified atom stereocenters. The molecule has 3 aliphatic rings. The molecule has 3 heterocycles. The lowest BCUT2D eigenvalue weighted by Crippen LogP contribution is -2.58. The Morgan fingerprint density at radius 1 is 0.707 bits per heavy atom. The molecule has 7 amide bonds. The smallest absolute Gasteiger partial charge is 0.330 e. The Morgan fingerprint density at radius 3 is 2.10 bits per heavy atom. The van der Waals surface area contributed by atoms with Crippen LogP contribution in [0, 0.1) is 25.2 Å². The highest BCUT2D eigenvalue weighted by molar-refractivity contribution is 6.38. The van der Waals surface area contributed by atoms with Gasteiger partial charge in [0.1, 0.15) is 55.3 Å². The van der Waals surface area contributed by atoms with Crippen LogP contribution in [-0.4, -0.2) is 156 Å². The summed E-state index contributed by atoms with van der Waals surface area (Å²) in [5, 5.41) is 8.55. The van der Waals surface area contributed by atoms with Gasteiger partial charge in [-0.25, -0.2) is 9.59 Å². The lowest BCUT2D eigenvalue weighted by molar-refractivity contribution is -0.165. The van der Waals surface area contributed by atoms with Crippen LogP contribution in [-0.2, 0) is 75.1 Å². The van der Waals surface area contributed by atoms with Crippen LogP contribution in [0.15, 0.2) is 109 Å². The quantitative estimate of drug-likeness (QED) is 0.0965. The number of piperidine rings is 1. The predicted octanol–water partition coefficient (Wildman–Crippen LogP) is 7.59. The van der Waals surface area contributed by atoms with E-state index in [1.54, 1.807) is 85.9 Å². The first-order valence-electron chi connectivity index (χ1n) is 31.8. The summed E-state index contributed by atoms with van der Waals surface area (Å²) in [6, 6.07) is 22.2. The lowest BCUT2D eigenvalue weighted by Gasteiger charge is -2.36. The monoisotopic (exact) mass is 1260 g/mol. The second-order valence-corrected chi connectivity index (χ2v) is 25.4. The molecule has 2 fully saturated rings. The van der Waals surface area contributed by atoms with E-state index in [2.05, 4.69) is 22.0 Å². The first-order chi connectivity index (χ1) is 43.8. The summed E-state index contributed by atoms with van der Waals surface area (Å²) in [4.78, 5) is 160. The lowest BCUT2D eigenvalue weighted by atomic mass is 9.87. The summed E-state index contributed by atoms with van der Waals surface area (Å²) < 4.78 is 17.4. The maximum atomic E-state index is 15.2. The minimum absolute atomic E-state index is 0.0492. The van der Waals surface area contributed by atoms with Gasteiger partial charge in [-0.05, 0) is 156 Å². The van der Waals surface area contributed by atoms with E-state index in [0.29, 0.717) is 60.2 Å². The first-order valence-corrected chi connectivity index (χ1v) is 31.8. The van der Waals surface area contributed by atoms with E-state index < -0.39 is 101 Å². The molecular formula is C71H89N7O14. The zero-order valence-electron chi connectivity index (χ0n) is 54.5. The molecule has 0 spiro atoms. The summed E-state index contributed by atoms with van der Waals surface area (Å²) in [6.07, 6.45) is 4.36. The first kappa shape index (κ1) is 70.4. The van der Waals surface area contributed by atoms with E-state index in [9.17, 15) is 47.9 Å². The fraction of sp³-hybridized carbons (Fsp3) is 0.479. The fourth-order valence-electron chi connectivity index (χ4n) is 11.6. The average Bonchev–Trinajstić information content (AvgIpc) is 1.36. The van der Waals surface area contributed by atoms with Crippen molar-refractivity contribution in [3.8, 4) is 5.75 Å². The van der Waals surface area contributed by atoms with Gasteiger partial charge in [-0.3, -0.25) is 43.2 Å². The number of nitrogens with zero attached hydrogens (tertiary/aromatic N) is 4. The summed E-state index contributed by atoms with van der Waals surface area (Å²) in [5.41, 5.74) is 3.52. The molecule has 0 aromatic heterocycles. The van der Waals surface area contributed by atoms with Crippen molar-refractivity contribution in [2.45, 2.75) is 162 Å². The topological polar surface area (TPSA) is 265 Å². The Labute approximate surface area is 539 Å². The number of Topliss-reactive ketones (excluding diaryl/α,β-unsaturated/α-hetero) is 2. The molecule has 0 aliphatic carbocycles. The molecule has 92 heavy (non-hydrogen) atoms. The molecule has 21 nitrogen and oxygen atoms in total. The van der Waals surface area contributed by atoms with Crippen LogP contribution >= 0.6 is 0 Å². The normalized spacial score (nSPS) is 22.6. The largest absolute Gasteiger partial charge is 0.486 e. The number of rotatable bonds is 11. The zero-order valence-corrected chi connectivity index (χ0v) is 54.5. The highest BCUT2D eigenvalue weighted by atomic mass is 16.5. The van der Waals surface area contributed by atoms with E-state index >= 15 is 4.79 Å². The minimum Gasteiger partial charge on any atom is -0.486 e. The molecule has 2 bridgehead atoms. The number of esters is 2. The maximum Gasteiger partial charge on any atom is 0.330 e. The number of ketones is 2. The number of cyclic esters (lactones) is 2. The summed E-state index contributed by atoms with van der Waals surface area (Å²) in [5.74, 6) is -6.51. The van der Waals surface area contributed by atoms with E-state index in [-0.39, 0.29) is 88.8 Å². The summed E-state index contributed by atoms with van der Waals surface area (Å²) in [6.45, 7) is 12.0. The van der Waals surface area contributed by atoms with Gasteiger partial charge in [0.25, 0.3) is 5.91 Å². The van der Waals surface area contributed by atoms with Crippen LogP contribution in [0.2, 0.25) is 0 Å². The Kier molecular flexibility index (Phi) is 25.1. The molecule has 0 saturated carbocycles. The molecule has 0 radical (unpaired) electrons. The molecule has 4 aromatic carbocycles. The van der Waals surface area contributed by atoms with E-state index in [1.807, 2.05) is 39.8 Å². The van der Waals surface area contributed by atoms with E-state index in [1.165, 1.54) is 59.6 Å². The number of fused-ring (bicyclic) bond motifs is 4. The summed E-state index contributed by atoms with van der Waals surface area (Å²) in [7, 11) is 3.11. The molecule has 4 aromatic rings. The molecule has 6 atom stereocenters. The number of carbonyl (C=O) groups excluding carboxylic acids is 11. The van der Waals surface area contributed by atoms with E-state index in [4.69, 9.17) is 14.2 Å². The second kappa shape index (κ2) is 32.8. The number of ether oxygens (including phenoxy) is 3. The summed E-state index contributed by atoms with van der Waals surface area (Å²) >= 11 is 0. The zero-order chi connectivity index (χ0) is 66.8. The average molecular weight is 1260 g/mol. The van der Waals surface area contributed by atoms with Crippen LogP contribution in [0.4, 0.5) is 5.69 Å². The number of carbonyl (C=O) groups is 11. The highest BCUT2D eigenvalue weighted by Crippen LogP contribution is 2.32. The van der Waals surface area contributed by atoms with Crippen molar-refractivity contribution in [3.05, 3.63) is 143 Å². The Bertz CT molecular complexity index is 3360. The molecular weight excluding hydrogens is 1170 g/mol. The van der Waals surface area contributed by atoms with Gasteiger partial charge in [-0.1, -0.05) is 92.7 Å². The van der Waals surface area contributed by atoms with Crippen molar-refractivity contribution in [1.82, 2.24) is 30.2 Å². The third kappa shape index (κ3) is 19.5. The van der Waals surface area contributed by atoms with Crippen LogP contribution in [0.3, 0.4) is 0 Å². The van der Waals surface area contributed by atoms with Crippen LogP contribution in [0.1, 0.15) is 144 Å². The van der Waals surface area contributed by atoms with Crippen LogP contribution < -0.4 is 20.7 Å². The van der Waals surface area contributed by atoms with Crippen molar-refractivity contribution >= 4 is 70.5 Å². The van der Waals surface area contributed by atoms with Gasteiger partial charge in [0.15, 0.2) is 5.78 Å². The van der Waals surface area contributed by atoms with E-state index in [0.717, 1.165) is 16.7 Å². The molecule has 2 saturated heterocycles. The molecule has 3 N–H and O–H groups in total. The molecule has 7 rings (SSSR count). The number of amides is 7. The van der Waals surface area contributed by atoms with Crippen molar-refractivity contribution in [2.24, 2.45) is 11.3 Å². The Morgan fingerprint density at radius 2 is 1.39 bits per heavy atom. The fourth-order valence-corrected chi connectivity index (χ4v) is 11.6. The Hall–Kier alpha value is -9.01. The van der Waals surface area contributed by atoms with Crippen LogP contribution in [0.5, 0.6) is 5.75 Å². The Balaban J connectivity index is 1.20. The van der Waals surface area contributed by atoms with Crippen molar-refractivity contribution in [3.63, 3.8) is 0 Å².